The van der Waals surface area contributed by atoms with Gasteiger partial charge in [-0.25, -0.2) is 4.79 Å². The first-order valence-electron chi connectivity index (χ1n) is 4.87. The lowest BCUT2D eigenvalue weighted by molar-refractivity contribution is -0.145. The molecule has 1 N–H and O–H groups in total. The van der Waals surface area contributed by atoms with Crippen molar-refractivity contribution >= 4 is 11.9 Å². The average molecular weight is 214 g/mol. The van der Waals surface area contributed by atoms with E-state index >= 15 is 0 Å². The maximum absolute atomic E-state index is 11.2. The zero-order chi connectivity index (χ0) is 12.1. The predicted molar refractivity (Wildman–Crippen MR) is 56.4 cm³/mol. The van der Waals surface area contributed by atoms with Crippen LogP contribution in [0.1, 0.15) is 34.1 Å². The molecule has 0 amide bonds. The quantitative estimate of drug-likeness (QED) is 0.561. The van der Waals surface area contributed by atoms with Crippen molar-refractivity contribution in [2.75, 3.05) is 6.61 Å². The first-order chi connectivity index (χ1) is 6.78. The van der Waals surface area contributed by atoms with Gasteiger partial charge in [-0.15, -0.1) is 0 Å². The fourth-order valence-corrected chi connectivity index (χ4v) is 1.28. The van der Waals surface area contributed by atoms with Crippen LogP contribution < -0.4 is 0 Å². The highest BCUT2D eigenvalue weighted by atomic mass is 16.5. The number of carbonyl (C=O) groups is 2. The van der Waals surface area contributed by atoms with Gasteiger partial charge in [0.15, 0.2) is 0 Å². The molecular formula is C11H18O4. The molecule has 15 heavy (non-hydrogen) atoms. The van der Waals surface area contributed by atoms with E-state index in [0.717, 1.165) is 0 Å². The zero-order valence-electron chi connectivity index (χ0n) is 9.66. The number of aliphatic carboxylic acids is 1. The van der Waals surface area contributed by atoms with Gasteiger partial charge in [-0.2, -0.15) is 0 Å². The van der Waals surface area contributed by atoms with E-state index in [9.17, 15) is 9.59 Å². The van der Waals surface area contributed by atoms with Gasteiger partial charge < -0.3 is 9.84 Å². The van der Waals surface area contributed by atoms with Crippen LogP contribution in [0.4, 0.5) is 0 Å². The van der Waals surface area contributed by atoms with Crippen LogP contribution in [0.25, 0.3) is 0 Å². The van der Waals surface area contributed by atoms with Crippen molar-refractivity contribution in [3.63, 3.8) is 0 Å². The third-order valence-corrected chi connectivity index (χ3v) is 1.85. The van der Waals surface area contributed by atoms with Crippen molar-refractivity contribution in [2.24, 2.45) is 5.41 Å². The van der Waals surface area contributed by atoms with Crippen LogP contribution in [-0.2, 0) is 14.3 Å². The minimum absolute atomic E-state index is 0.186. The van der Waals surface area contributed by atoms with Gasteiger partial charge in [0, 0.05) is 5.57 Å². The number of carboxylic acids is 1. The second kappa shape index (κ2) is 5.53. The Balaban J connectivity index is 4.49. The number of hydrogen-bond acceptors (Lipinski definition) is 3. The van der Waals surface area contributed by atoms with Crippen LogP contribution in [0.2, 0.25) is 0 Å². The topological polar surface area (TPSA) is 63.6 Å². The maximum Gasteiger partial charge on any atom is 0.330 e. The van der Waals surface area contributed by atoms with Gasteiger partial charge in [-0.3, -0.25) is 4.79 Å². The van der Waals surface area contributed by atoms with Gasteiger partial charge >= 0.3 is 11.9 Å². The fraction of sp³-hybridized carbons (Fsp3) is 0.636. The number of hydrogen-bond donors (Lipinski definition) is 1. The Kier molecular flexibility index (Phi) is 5.05. The van der Waals surface area contributed by atoms with Gasteiger partial charge in [0.1, 0.15) is 0 Å². The van der Waals surface area contributed by atoms with E-state index in [1.54, 1.807) is 26.8 Å². The number of rotatable bonds is 5. The van der Waals surface area contributed by atoms with Gasteiger partial charge in [0.25, 0.3) is 0 Å². The minimum Gasteiger partial charge on any atom is -0.478 e. The SMILES string of the molecule is CCOC(=O)CC(C)(C)/C=C(/C)C(=O)O. The van der Waals surface area contributed by atoms with Crippen LogP contribution in [0, 0.1) is 5.41 Å². The molecule has 0 aromatic rings. The van der Waals surface area contributed by atoms with Crippen LogP contribution in [-0.4, -0.2) is 23.7 Å². The second-order valence-corrected chi connectivity index (χ2v) is 4.10. The first-order valence-corrected chi connectivity index (χ1v) is 4.87. The van der Waals surface area contributed by atoms with Crippen molar-refractivity contribution in [1.29, 1.82) is 0 Å². The molecule has 0 aliphatic rings. The average Bonchev–Trinajstić information content (AvgIpc) is 2.01. The molecule has 0 radical (unpaired) electrons. The Bertz CT molecular complexity index is 276. The summed E-state index contributed by atoms with van der Waals surface area (Å²) in [5, 5.41) is 8.70. The van der Waals surface area contributed by atoms with Gasteiger partial charge in [-0.05, 0) is 19.3 Å². The maximum atomic E-state index is 11.2. The standard InChI is InChI=1S/C11H18O4/c1-5-15-9(12)7-11(3,4)6-8(2)10(13)14/h6H,5,7H2,1-4H3,(H,13,14)/b8-6-. The summed E-state index contributed by atoms with van der Waals surface area (Å²) >= 11 is 0. The third-order valence-electron chi connectivity index (χ3n) is 1.85. The Labute approximate surface area is 89.9 Å². The van der Waals surface area contributed by atoms with E-state index in [1.807, 2.05) is 0 Å². The molecule has 0 saturated carbocycles. The summed E-state index contributed by atoms with van der Waals surface area (Å²) in [7, 11) is 0. The number of carboxylic acid groups (broad SMARTS) is 1. The second-order valence-electron chi connectivity index (χ2n) is 4.10. The number of carbonyl (C=O) groups excluding carboxylic acids is 1. The third kappa shape index (κ3) is 5.88. The van der Waals surface area contributed by atoms with Crippen LogP contribution in [0.5, 0.6) is 0 Å². The van der Waals surface area contributed by atoms with Gasteiger partial charge in [0.2, 0.25) is 0 Å². The molecular weight excluding hydrogens is 196 g/mol. The van der Waals surface area contributed by atoms with E-state index in [2.05, 4.69) is 0 Å². The van der Waals surface area contributed by atoms with Crippen molar-refractivity contribution < 1.29 is 19.4 Å². The Morgan fingerprint density at radius 1 is 1.40 bits per heavy atom. The number of esters is 1. The van der Waals surface area contributed by atoms with Crippen molar-refractivity contribution in [2.45, 2.75) is 34.1 Å². The lowest BCUT2D eigenvalue weighted by atomic mass is 9.87. The Hall–Kier alpha value is -1.32. The molecule has 0 rings (SSSR count). The summed E-state index contributed by atoms with van der Waals surface area (Å²) in [6, 6.07) is 0. The summed E-state index contributed by atoms with van der Waals surface area (Å²) in [6.07, 6.45) is 1.76. The molecule has 0 aromatic carbocycles. The van der Waals surface area contributed by atoms with E-state index in [0.29, 0.717) is 6.61 Å². The summed E-state index contributed by atoms with van der Waals surface area (Å²) < 4.78 is 4.80. The summed E-state index contributed by atoms with van der Waals surface area (Å²) in [4.78, 5) is 21.8. The highest BCUT2D eigenvalue weighted by molar-refractivity contribution is 5.86. The summed E-state index contributed by atoms with van der Waals surface area (Å²) in [5.74, 6) is -1.27. The molecule has 0 aliphatic heterocycles. The Morgan fingerprint density at radius 3 is 2.33 bits per heavy atom. The number of allylic oxidation sites excluding steroid dienone is 1. The zero-order valence-corrected chi connectivity index (χ0v) is 9.66. The molecule has 0 bridgehead atoms. The van der Waals surface area contributed by atoms with Crippen molar-refractivity contribution in [3.8, 4) is 0 Å². The molecule has 0 aliphatic carbocycles. The lowest BCUT2D eigenvalue weighted by Crippen LogP contribution is -2.18. The first kappa shape index (κ1) is 13.7. The van der Waals surface area contributed by atoms with E-state index < -0.39 is 11.4 Å². The molecule has 0 heterocycles. The molecule has 86 valence electrons. The van der Waals surface area contributed by atoms with Gasteiger partial charge in [0.05, 0.1) is 13.0 Å². The lowest BCUT2D eigenvalue weighted by Gasteiger charge is -2.19. The monoisotopic (exact) mass is 214 g/mol. The molecule has 0 saturated heterocycles. The fourth-order valence-electron chi connectivity index (χ4n) is 1.28. The summed E-state index contributed by atoms with van der Waals surface area (Å²) in [5.41, 5.74) is -0.251. The largest absolute Gasteiger partial charge is 0.478 e. The van der Waals surface area contributed by atoms with Crippen LogP contribution in [0.3, 0.4) is 0 Å². The summed E-state index contributed by atoms with van der Waals surface area (Å²) in [6.45, 7) is 7.20. The number of ether oxygens (including phenoxy) is 1. The molecule has 0 spiro atoms. The highest BCUT2D eigenvalue weighted by Gasteiger charge is 2.21. The molecule has 0 aromatic heterocycles. The predicted octanol–water partition coefficient (Wildman–Crippen LogP) is 2.00. The van der Waals surface area contributed by atoms with Crippen LogP contribution in [0.15, 0.2) is 11.6 Å². The normalized spacial score (nSPS) is 12.4. The smallest absolute Gasteiger partial charge is 0.330 e. The molecule has 4 heteroatoms. The molecule has 0 atom stereocenters. The van der Waals surface area contributed by atoms with E-state index in [-0.39, 0.29) is 18.0 Å². The molecule has 4 nitrogen and oxygen atoms in total. The van der Waals surface area contributed by atoms with E-state index in [4.69, 9.17) is 9.84 Å². The van der Waals surface area contributed by atoms with Gasteiger partial charge in [-0.1, -0.05) is 19.9 Å². The Morgan fingerprint density at radius 2 is 1.93 bits per heavy atom. The molecule has 0 unspecified atom stereocenters. The highest BCUT2D eigenvalue weighted by Crippen LogP contribution is 2.24. The van der Waals surface area contributed by atoms with Crippen LogP contribution >= 0.6 is 0 Å². The van der Waals surface area contributed by atoms with Crippen molar-refractivity contribution in [1.82, 2.24) is 0 Å². The van der Waals surface area contributed by atoms with E-state index in [1.165, 1.54) is 6.92 Å². The minimum atomic E-state index is -0.966. The molecule has 0 fully saturated rings. The van der Waals surface area contributed by atoms with Crippen molar-refractivity contribution in [3.05, 3.63) is 11.6 Å².